The maximum atomic E-state index is 13.0. The largest absolute Gasteiger partial charge is 0.466 e. The predicted molar refractivity (Wildman–Crippen MR) is 121 cm³/mol. The Balaban J connectivity index is 1.18. The van der Waals surface area contributed by atoms with Crippen LogP contribution < -0.4 is 10.2 Å². The molecule has 5 nitrogen and oxygen atoms in total. The summed E-state index contributed by atoms with van der Waals surface area (Å²) in [5, 5.41) is 3.44. The molecule has 1 aromatic carbocycles. The van der Waals surface area contributed by atoms with E-state index in [2.05, 4.69) is 22.3 Å². The van der Waals surface area contributed by atoms with Crippen LogP contribution in [0.2, 0.25) is 0 Å². The Morgan fingerprint density at radius 1 is 0.935 bits per heavy atom. The molecule has 168 valence electrons. The van der Waals surface area contributed by atoms with Crippen molar-refractivity contribution in [2.24, 2.45) is 29.6 Å². The molecule has 0 spiro atoms. The second-order valence-corrected chi connectivity index (χ2v) is 10.2. The van der Waals surface area contributed by atoms with Crippen molar-refractivity contribution in [2.75, 3.05) is 24.6 Å². The lowest BCUT2D eigenvalue weighted by molar-refractivity contribution is -0.148. The van der Waals surface area contributed by atoms with Crippen LogP contribution in [0.3, 0.4) is 0 Å². The topological polar surface area (TPSA) is 58.6 Å². The Morgan fingerprint density at radius 3 is 2.35 bits per heavy atom. The fraction of sp³-hybridized carbons (Fsp3) is 0.692. The van der Waals surface area contributed by atoms with Crippen molar-refractivity contribution in [1.29, 1.82) is 0 Å². The predicted octanol–water partition coefficient (Wildman–Crippen LogP) is 4.41. The van der Waals surface area contributed by atoms with Crippen LogP contribution in [-0.4, -0.2) is 37.6 Å². The molecule has 3 bridgehead atoms. The number of piperidine rings is 1. The van der Waals surface area contributed by atoms with Gasteiger partial charge in [0.1, 0.15) is 0 Å². The first-order valence-corrected chi connectivity index (χ1v) is 12.4. The van der Waals surface area contributed by atoms with Gasteiger partial charge in [-0.15, -0.1) is 0 Å². The van der Waals surface area contributed by atoms with E-state index in [4.69, 9.17) is 4.74 Å². The van der Waals surface area contributed by atoms with E-state index in [1.807, 2.05) is 19.1 Å². The fourth-order valence-corrected chi connectivity index (χ4v) is 6.98. The van der Waals surface area contributed by atoms with E-state index in [1.165, 1.54) is 38.5 Å². The maximum absolute atomic E-state index is 13.0. The first-order chi connectivity index (χ1) is 15.1. The van der Waals surface area contributed by atoms with E-state index < -0.39 is 0 Å². The van der Waals surface area contributed by atoms with Crippen LogP contribution in [0.1, 0.15) is 68.6 Å². The van der Waals surface area contributed by atoms with Gasteiger partial charge in [-0.05, 0) is 93.4 Å². The lowest BCUT2D eigenvalue weighted by Gasteiger charge is -2.37. The molecule has 5 unspecified atom stereocenters. The molecule has 4 fully saturated rings. The Bertz CT molecular complexity index is 799. The number of amides is 1. The number of ether oxygens (including phenoxy) is 1. The molecule has 1 aliphatic heterocycles. The number of benzene rings is 1. The molecule has 1 amide bonds. The molecule has 3 saturated carbocycles. The van der Waals surface area contributed by atoms with Crippen LogP contribution in [0.25, 0.3) is 0 Å². The molecular weight excluding hydrogens is 388 g/mol. The van der Waals surface area contributed by atoms with Crippen molar-refractivity contribution in [3.8, 4) is 0 Å². The van der Waals surface area contributed by atoms with E-state index in [9.17, 15) is 9.59 Å². The summed E-state index contributed by atoms with van der Waals surface area (Å²) in [4.78, 5) is 27.3. The van der Waals surface area contributed by atoms with Crippen LogP contribution in [0, 0.1) is 29.6 Å². The number of hydrogen-bond donors (Lipinski definition) is 1. The van der Waals surface area contributed by atoms with E-state index >= 15 is 0 Å². The number of esters is 1. The molecule has 1 saturated heterocycles. The SMILES string of the molecule is CCOC(=O)C1CCN(c2ccc(C(=O)NC3C4CCCC5CC3CC5C4)cc2)CC1. The first-order valence-electron chi connectivity index (χ1n) is 12.4. The molecular formula is C26H36N2O3. The van der Waals surface area contributed by atoms with Crippen LogP contribution in [0.5, 0.6) is 0 Å². The van der Waals surface area contributed by atoms with Gasteiger partial charge in [0.2, 0.25) is 0 Å². The number of carbonyl (C=O) groups is 2. The number of fused-ring (bicyclic) bond motifs is 2. The molecule has 5 atom stereocenters. The van der Waals surface area contributed by atoms with Gasteiger partial charge in [-0.3, -0.25) is 9.59 Å². The van der Waals surface area contributed by atoms with Crippen LogP contribution in [0.4, 0.5) is 5.69 Å². The summed E-state index contributed by atoms with van der Waals surface area (Å²) in [5.74, 6) is 3.27. The molecule has 0 radical (unpaired) electrons. The minimum atomic E-state index is -0.0604. The highest BCUT2D eigenvalue weighted by Gasteiger charge is 2.48. The lowest BCUT2D eigenvalue weighted by atomic mass is 9.75. The zero-order chi connectivity index (χ0) is 21.4. The van der Waals surface area contributed by atoms with Gasteiger partial charge in [-0.1, -0.05) is 12.8 Å². The van der Waals surface area contributed by atoms with Crippen molar-refractivity contribution >= 4 is 17.6 Å². The maximum Gasteiger partial charge on any atom is 0.309 e. The third-order valence-corrected chi connectivity index (χ3v) is 8.56. The van der Waals surface area contributed by atoms with E-state index in [0.717, 1.165) is 49.0 Å². The molecule has 5 heteroatoms. The molecule has 31 heavy (non-hydrogen) atoms. The van der Waals surface area contributed by atoms with Crippen molar-refractivity contribution < 1.29 is 14.3 Å². The monoisotopic (exact) mass is 424 g/mol. The summed E-state index contributed by atoms with van der Waals surface area (Å²) < 4.78 is 5.17. The van der Waals surface area contributed by atoms with Crippen molar-refractivity contribution in [3.05, 3.63) is 29.8 Å². The zero-order valence-corrected chi connectivity index (χ0v) is 18.7. The third-order valence-electron chi connectivity index (χ3n) is 8.56. The molecule has 4 aliphatic rings. The normalized spacial score (nSPS) is 32.5. The summed E-state index contributed by atoms with van der Waals surface area (Å²) in [6.07, 6.45) is 9.67. The zero-order valence-electron chi connectivity index (χ0n) is 18.7. The Kier molecular flexibility index (Phi) is 5.94. The highest BCUT2D eigenvalue weighted by molar-refractivity contribution is 5.94. The lowest BCUT2D eigenvalue weighted by Crippen LogP contribution is -2.47. The number of hydrogen-bond acceptors (Lipinski definition) is 4. The minimum absolute atomic E-state index is 0.0197. The van der Waals surface area contributed by atoms with Gasteiger partial charge in [0.25, 0.3) is 5.91 Å². The van der Waals surface area contributed by atoms with Gasteiger partial charge in [0.05, 0.1) is 12.5 Å². The quantitative estimate of drug-likeness (QED) is 0.712. The van der Waals surface area contributed by atoms with Crippen LogP contribution in [0.15, 0.2) is 24.3 Å². The molecule has 5 rings (SSSR count). The summed E-state index contributed by atoms with van der Waals surface area (Å²) in [5.41, 5.74) is 1.89. The number of nitrogens with zero attached hydrogens (tertiary/aromatic N) is 1. The Hall–Kier alpha value is -2.04. The van der Waals surface area contributed by atoms with Gasteiger partial charge in [0.15, 0.2) is 0 Å². The van der Waals surface area contributed by atoms with Crippen LogP contribution >= 0.6 is 0 Å². The van der Waals surface area contributed by atoms with Gasteiger partial charge in [0, 0.05) is 30.4 Å². The second kappa shape index (κ2) is 8.84. The van der Waals surface area contributed by atoms with E-state index in [0.29, 0.717) is 24.5 Å². The molecule has 1 heterocycles. The van der Waals surface area contributed by atoms with Crippen molar-refractivity contribution in [1.82, 2.24) is 5.32 Å². The molecule has 0 aromatic heterocycles. The molecule has 3 aliphatic carbocycles. The van der Waals surface area contributed by atoms with E-state index in [1.54, 1.807) is 0 Å². The highest BCUT2D eigenvalue weighted by atomic mass is 16.5. The Morgan fingerprint density at radius 2 is 1.61 bits per heavy atom. The van der Waals surface area contributed by atoms with Gasteiger partial charge < -0.3 is 15.0 Å². The smallest absolute Gasteiger partial charge is 0.309 e. The van der Waals surface area contributed by atoms with Gasteiger partial charge >= 0.3 is 5.97 Å². The van der Waals surface area contributed by atoms with Gasteiger partial charge in [-0.2, -0.15) is 0 Å². The molecule has 1 N–H and O–H groups in total. The van der Waals surface area contributed by atoms with Gasteiger partial charge in [-0.25, -0.2) is 0 Å². The minimum Gasteiger partial charge on any atom is -0.466 e. The number of rotatable bonds is 5. The molecule has 1 aromatic rings. The summed E-state index contributed by atoms with van der Waals surface area (Å²) in [7, 11) is 0. The fourth-order valence-electron chi connectivity index (χ4n) is 6.98. The second-order valence-electron chi connectivity index (χ2n) is 10.2. The van der Waals surface area contributed by atoms with E-state index in [-0.39, 0.29) is 17.8 Å². The van der Waals surface area contributed by atoms with Crippen LogP contribution in [-0.2, 0) is 9.53 Å². The van der Waals surface area contributed by atoms with Crippen molar-refractivity contribution in [3.63, 3.8) is 0 Å². The number of anilines is 1. The standard InChI is InChI=1S/C26H36N2O3/c1-2-31-26(30)18-10-12-28(13-11-18)23-8-6-17(7-9-23)25(29)27-24-20-5-3-4-19-14-22(24)16-21(19)15-20/h6-9,18-22,24H,2-5,10-16H2,1H3,(H,27,29). The average Bonchev–Trinajstić information content (AvgIpc) is 3.04. The Labute approximate surface area is 185 Å². The highest BCUT2D eigenvalue weighted by Crippen LogP contribution is 2.53. The summed E-state index contributed by atoms with van der Waals surface area (Å²) in [6, 6.07) is 8.42. The van der Waals surface area contributed by atoms with Crippen molar-refractivity contribution in [2.45, 2.75) is 64.3 Å². The summed E-state index contributed by atoms with van der Waals surface area (Å²) in [6.45, 7) is 4.01. The number of nitrogens with one attached hydrogen (secondary N) is 1. The summed E-state index contributed by atoms with van der Waals surface area (Å²) >= 11 is 0. The number of carbonyl (C=O) groups excluding carboxylic acids is 2. The first kappa shape index (κ1) is 20.8. The average molecular weight is 425 g/mol. The third kappa shape index (κ3) is 4.20.